The Morgan fingerprint density at radius 1 is 1.59 bits per heavy atom. The quantitative estimate of drug-likeness (QED) is 0.778. The average Bonchev–Trinajstić information content (AvgIpc) is 3.08. The summed E-state index contributed by atoms with van der Waals surface area (Å²) in [6.07, 6.45) is 6.61. The van der Waals surface area contributed by atoms with E-state index in [0.29, 0.717) is 6.04 Å². The van der Waals surface area contributed by atoms with Gasteiger partial charge >= 0.3 is 0 Å². The number of hydrogen-bond donors (Lipinski definition) is 1. The summed E-state index contributed by atoms with van der Waals surface area (Å²) in [5.74, 6) is 0. The fourth-order valence-electron chi connectivity index (χ4n) is 2.17. The van der Waals surface area contributed by atoms with Gasteiger partial charge in [-0.15, -0.1) is 0 Å². The molecule has 4 heteroatoms. The normalized spacial score (nSPS) is 17.6. The van der Waals surface area contributed by atoms with E-state index in [4.69, 9.17) is 0 Å². The summed E-state index contributed by atoms with van der Waals surface area (Å²) in [4.78, 5) is 6.67. The lowest BCUT2D eigenvalue weighted by Gasteiger charge is -2.24. The van der Waals surface area contributed by atoms with Gasteiger partial charge in [-0.05, 0) is 33.7 Å². The first kappa shape index (κ1) is 12.6. The molecule has 0 spiro atoms. The lowest BCUT2D eigenvalue weighted by molar-refractivity contribution is 0.240. The van der Waals surface area contributed by atoms with Crippen molar-refractivity contribution in [2.75, 3.05) is 13.6 Å². The smallest absolute Gasteiger partial charge is 0.0948 e. The molecule has 1 N–H and O–H groups in total. The van der Waals surface area contributed by atoms with Crippen LogP contribution >= 0.6 is 0 Å². The molecular weight excluding hydrogens is 212 g/mol. The fourth-order valence-corrected chi connectivity index (χ4v) is 2.17. The highest BCUT2D eigenvalue weighted by Gasteiger charge is 2.28. The van der Waals surface area contributed by atoms with Crippen molar-refractivity contribution in [3.63, 3.8) is 0 Å². The molecule has 1 fully saturated rings. The van der Waals surface area contributed by atoms with E-state index in [2.05, 4.69) is 40.7 Å². The van der Waals surface area contributed by atoms with Crippen molar-refractivity contribution < 1.29 is 0 Å². The highest BCUT2D eigenvalue weighted by molar-refractivity contribution is 4.97. The minimum Gasteiger partial charge on any atom is -0.334 e. The Labute approximate surface area is 104 Å². The molecule has 4 nitrogen and oxygen atoms in total. The highest BCUT2D eigenvalue weighted by Crippen LogP contribution is 2.26. The monoisotopic (exact) mass is 236 g/mol. The van der Waals surface area contributed by atoms with Gasteiger partial charge in [0.15, 0.2) is 0 Å². The maximum Gasteiger partial charge on any atom is 0.0948 e. The van der Waals surface area contributed by atoms with Crippen molar-refractivity contribution in [2.24, 2.45) is 0 Å². The number of imidazole rings is 1. The van der Waals surface area contributed by atoms with Crippen LogP contribution in [-0.2, 0) is 13.1 Å². The lowest BCUT2D eigenvalue weighted by Crippen LogP contribution is -2.39. The zero-order chi connectivity index (χ0) is 12.3. The Kier molecular flexibility index (Phi) is 4.18. The number of likely N-dealkylation sites (N-methyl/N-ethyl adjacent to an activating group) is 1. The first-order chi connectivity index (χ1) is 8.22. The second kappa shape index (κ2) is 5.65. The largest absolute Gasteiger partial charge is 0.334 e. The molecule has 1 heterocycles. The number of aromatic nitrogens is 2. The summed E-state index contributed by atoms with van der Waals surface area (Å²) in [5.41, 5.74) is 1.27. The van der Waals surface area contributed by atoms with Crippen molar-refractivity contribution in [1.29, 1.82) is 0 Å². The standard InChI is InChI=1S/C13H24N4/c1-4-17-10-15-9-13(17)8-14-7-11(2)16(3)12-5-6-12/h9-12,14H,4-8H2,1-3H3. The van der Waals surface area contributed by atoms with Crippen molar-refractivity contribution in [3.8, 4) is 0 Å². The van der Waals surface area contributed by atoms with E-state index >= 15 is 0 Å². The summed E-state index contributed by atoms with van der Waals surface area (Å²) in [5, 5.41) is 3.52. The molecule has 17 heavy (non-hydrogen) atoms. The summed E-state index contributed by atoms with van der Waals surface area (Å²) in [7, 11) is 2.24. The first-order valence-electron chi connectivity index (χ1n) is 6.64. The van der Waals surface area contributed by atoms with E-state index in [-0.39, 0.29) is 0 Å². The SMILES string of the molecule is CCn1cncc1CNCC(C)N(C)C1CC1. The van der Waals surface area contributed by atoms with E-state index in [1.54, 1.807) is 0 Å². The van der Waals surface area contributed by atoms with Crippen LogP contribution in [0, 0.1) is 0 Å². The van der Waals surface area contributed by atoms with Gasteiger partial charge in [-0.1, -0.05) is 0 Å². The molecule has 2 rings (SSSR count). The molecule has 1 aromatic heterocycles. The Hall–Kier alpha value is -0.870. The number of rotatable bonds is 7. The highest BCUT2D eigenvalue weighted by atomic mass is 15.2. The summed E-state index contributed by atoms with van der Waals surface area (Å²) in [6, 6.07) is 1.45. The summed E-state index contributed by atoms with van der Waals surface area (Å²) < 4.78 is 2.18. The molecule has 1 saturated carbocycles. The summed E-state index contributed by atoms with van der Waals surface area (Å²) in [6.45, 7) is 7.39. The Morgan fingerprint density at radius 3 is 3.00 bits per heavy atom. The van der Waals surface area contributed by atoms with Crippen LogP contribution in [0.15, 0.2) is 12.5 Å². The third-order valence-corrected chi connectivity index (χ3v) is 3.70. The van der Waals surface area contributed by atoms with Crippen LogP contribution in [0.2, 0.25) is 0 Å². The molecule has 0 amide bonds. The molecule has 0 aliphatic heterocycles. The van der Waals surface area contributed by atoms with Gasteiger partial charge in [0.1, 0.15) is 0 Å². The van der Waals surface area contributed by atoms with E-state index in [1.807, 2.05) is 12.5 Å². The molecule has 1 aliphatic rings. The molecule has 1 unspecified atom stereocenters. The molecule has 1 aromatic rings. The van der Waals surface area contributed by atoms with Gasteiger partial charge in [-0.3, -0.25) is 4.90 Å². The van der Waals surface area contributed by atoms with Crippen LogP contribution in [0.25, 0.3) is 0 Å². The van der Waals surface area contributed by atoms with Crippen molar-refractivity contribution >= 4 is 0 Å². The van der Waals surface area contributed by atoms with Gasteiger partial charge in [0.2, 0.25) is 0 Å². The fraction of sp³-hybridized carbons (Fsp3) is 0.769. The Balaban J connectivity index is 1.71. The molecular formula is C13H24N4. The van der Waals surface area contributed by atoms with Gasteiger partial charge < -0.3 is 9.88 Å². The molecule has 0 radical (unpaired) electrons. The third kappa shape index (κ3) is 3.30. The van der Waals surface area contributed by atoms with Crippen LogP contribution in [-0.4, -0.2) is 40.1 Å². The predicted octanol–water partition coefficient (Wildman–Crippen LogP) is 1.48. The third-order valence-electron chi connectivity index (χ3n) is 3.70. The van der Waals surface area contributed by atoms with Crippen LogP contribution in [0.5, 0.6) is 0 Å². The zero-order valence-electron chi connectivity index (χ0n) is 11.2. The van der Waals surface area contributed by atoms with Crippen LogP contribution < -0.4 is 5.32 Å². The zero-order valence-corrected chi connectivity index (χ0v) is 11.2. The van der Waals surface area contributed by atoms with Crippen LogP contribution in [0.3, 0.4) is 0 Å². The topological polar surface area (TPSA) is 33.1 Å². The average molecular weight is 236 g/mol. The number of aryl methyl sites for hydroxylation is 1. The van der Waals surface area contributed by atoms with Gasteiger partial charge in [-0.2, -0.15) is 0 Å². The second-order valence-corrected chi connectivity index (χ2v) is 5.05. The van der Waals surface area contributed by atoms with Gasteiger partial charge in [-0.25, -0.2) is 4.98 Å². The predicted molar refractivity (Wildman–Crippen MR) is 69.9 cm³/mol. The lowest BCUT2D eigenvalue weighted by atomic mass is 10.3. The maximum atomic E-state index is 4.18. The molecule has 96 valence electrons. The van der Waals surface area contributed by atoms with Crippen molar-refractivity contribution in [2.45, 2.75) is 51.9 Å². The van der Waals surface area contributed by atoms with Crippen LogP contribution in [0.1, 0.15) is 32.4 Å². The van der Waals surface area contributed by atoms with E-state index < -0.39 is 0 Å². The second-order valence-electron chi connectivity index (χ2n) is 5.05. The summed E-state index contributed by atoms with van der Waals surface area (Å²) >= 11 is 0. The van der Waals surface area contributed by atoms with E-state index in [1.165, 1.54) is 18.5 Å². The van der Waals surface area contributed by atoms with Crippen molar-refractivity contribution in [3.05, 3.63) is 18.2 Å². The molecule has 1 atom stereocenters. The Bertz CT molecular complexity index is 343. The minimum absolute atomic E-state index is 0.612. The Morgan fingerprint density at radius 2 is 2.35 bits per heavy atom. The van der Waals surface area contributed by atoms with Gasteiger partial charge in [0.25, 0.3) is 0 Å². The minimum atomic E-state index is 0.612. The first-order valence-corrected chi connectivity index (χ1v) is 6.64. The van der Waals surface area contributed by atoms with E-state index in [9.17, 15) is 0 Å². The van der Waals surface area contributed by atoms with Gasteiger partial charge in [0, 0.05) is 37.9 Å². The number of hydrogen-bond acceptors (Lipinski definition) is 3. The number of nitrogens with zero attached hydrogens (tertiary/aromatic N) is 3. The molecule has 0 bridgehead atoms. The molecule has 0 aromatic carbocycles. The van der Waals surface area contributed by atoms with Crippen LogP contribution in [0.4, 0.5) is 0 Å². The molecule has 0 saturated heterocycles. The van der Waals surface area contributed by atoms with E-state index in [0.717, 1.165) is 25.7 Å². The van der Waals surface area contributed by atoms with Crippen molar-refractivity contribution in [1.82, 2.24) is 19.8 Å². The van der Waals surface area contributed by atoms with Gasteiger partial charge in [0.05, 0.1) is 12.0 Å². The maximum absolute atomic E-state index is 4.18. The molecule has 1 aliphatic carbocycles. The number of nitrogens with one attached hydrogen (secondary N) is 1.